The van der Waals surface area contributed by atoms with Gasteiger partial charge in [-0.3, -0.25) is 4.79 Å². The van der Waals surface area contributed by atoms with E-state index in [4.69, 9.17) is 10.1 Å². The lowest BCUT2D eigenvalue weighted by molar-refractivity contribution is 0.0942. The number of para-hydroxylation sites is 1. The number of benzene rings is 1. The summed E-state index contributed by atoms with van der Waals surface area (Å²) in [6.45, 7) is 2.59. The van der Waals surface area contributed by atoms with Crippen molar-refractivity contribution in [3.05, 3.63) is 35.9 Å². The third-order valence-corrected chi connectivity index (χ3v) is 6.80. The number of anilines is 1. The number of carbonyl (C=O) groups is 2. The Labute approximate surface area is 188 Å². The number of aromatic nitrogens is 1. The van der Waals surface area contributed by atoms with E-state index in [-0.39, 0.29) is 12.0 Å². The minimum atomic E-state index is -0.968. The molecule has 4 N–H and O–H groups in total. The molecule has 2 aromatic rings. The van der Waals surface area contributed by atoms with Crippen molar-refractivity contribution in [2.45, 2.75) is 44.6 Å². The summed E-state index contributed by atoms with van der Waals surface area (Å²) in [5.41, 5.74) is 1.43. The fourth-order valence-corrected chi connectivity index (χ4v) is 4.81. The van der Waals surface area contributed by atoms with Crippen molar-refractivity contribution >= 4 is 28.7 Å². The van der Waals surface area contributed by atoms with Crippen LogP contribution >= 0.6 is 0 Å². The standard InChI is InChI=1S/C24H32N4O4/c29-18-9-11-28(12-10-18)22-13-20(19-3-1-2-4-21(19)27-22)23(30)25-14-16-5-7-17(8-6-16)15-26-24(31)32/h1-4,13,16-18,26,29H,5-12,14-15H2,(H,25,30)(H,31,32). The van der Waals surface area contributed by atoms with E-state index in [1.165, 1.54) is 0 Å². The SMILES string of the molecule is O=C(O)NCC1CCC(CNC(=O)c2cc(N3CCC(O)CC3)nc3ccccc23)CC1. The minimum Gasteiger partial charge on any atom is -0.465 e. The predicted molar refractivity (Wildman–Crippen MR) is 123 cm³/mol. The summed E-state index contributed by atoms with van der Waals surface area (Å²) >= 11 is 0. The van der Waals surface area contributed by atoms with E-state index in [1.54, 1.807) is 0 Å². The first kappa shape index (κ1) is 22.3. The third-order valence-electron chi connectivity index (χ3n) is 6.80. The van der Waals surface area contributed by atoms with E-state index >= 15 is 0 Å². The van der Waals surface area contributed by atoms with Crippen LogP contribution in [0.25, 0.3) is 10.9 Å². The Hall–Kier alpha value is -2.87. The van der Waals surface area contributed by atoms with Crippen LogP contribution in [0.3, 0.4) is 0 Å². The average Bonchev–Trinajstić information content (AvgIpc) is 2.81. The Morgan fingerprint density at radius 1 is 0.969 bits per heavy atom. The molecule has 2 aliphatic rings. The minimum absolute atomic E-state index is 0.0865. The molecule has 8 heteroatoms. The molecule has 1 aliphatic heterocycles. The lowest BCUT2D eigenvalue weighted by Crippen LogP contribution is -2.37. The number of aliphatic hydroxyl groups is 1. The molecule has 2 amide bonds. The Morgan fingerprint density at radius 3 is 2.25 bits per heavy atom. The fraction of sp³-hybridized carbons (Fsp3) is 0.542. The van der Waals surface area contributed by atoms with Crippen molar-refractivity contribution in [2.75, 3.05) is 31.1 Å². The molecule has 1 saturated carbocycles. The lowest BCUT2D eigenvalue weighted by atomic mass is 9.82. The van der Waals surface area contributed by atoms with Gasteiger partial charge in [-0.2, -0.15) is 0 Å². The largest absolute Gasteiger partial charge is 0.465 e. The zero-order valence-electron chi connectivity index (χ0n) is 18.3. The van der Waals surface area contributed by atoms with E-state index in [1.807, 2.05) is 30.3 Å². The molecule has 0 atom stereocenters. The summed E-state index contributed by atoms with van der Waals surface area (Å²) in [5, 5.41) is 25.0. The summed E-state index contributed by atoms with van der Waals surface area (Å²) in [4.78, 5) is 30.7. The monoisotopic (exact) mass is 440 g/mol. The van der Waals surface area contributed by atoms with Gasteiger partial charge < -0.3 is 25.7 Å². The van der Waals surface area contributed by atoms with E-state index in [0.29, 0.717) is 43.3 Å². The first-order valence-electron chi connectivity index (χ1n) is 11.6. The molecule has 1 saturated heterocycles. The van der Waals surface area contributed by atoms with Crippen LogP contribution in [0, 0.1) is 11.8 Å². The highest BCUT2D eigenvalue weighted by atomic mass is 16.4. The van der Waals surface area contributed by atoms with Crippen molar-refractivity contribution in [2.24, 2.45) is 11.8 Å². The van der Waals surface area contributed by atoms with E-state index in [2.05, 4.69) is 15.5 Å². The lowest BCUT2D eigenvalue weighted by Gasteiger charge is -2.31. The molecule has 1 aliphatic carbocycles. The maximum absolute atomic E-state index is 13.2. The molecule has 2 fully saturated rings. The normalized spacial score (nSPS) is 22.0. The van der Waals surface area contributed by atoms with Crippen molar-refractivity contribution in [1.29, 1.82) is 0 Å². The van der Waals surface area contributed by atoms with Gasteiger partial charge in [0.2, 0.25) is 0 Å². The maximum Gasteiger partial charge on any atom is 0.404 e. The van der Waals surface area contributed by atoms with Crippen LogP contribution in [0.15, 0.2) is 30.3 Å². The molecule has 1 aromatic heterocycles. The smallest absolute Gasteiger partial charge is 0.404 e. The van der Waals surface area contributed by atoms with Gasteiger partial charge in [0.05, 0.1) is 17.2 Å². The quantitative estimate of drug-likeness (QED) is 0.549. The second-order valence-corrected chi connectivity index (χ2v) is 9.05. The summed E-state index contributed by atoms with van der Waals surface area (Å²) in [6, 6.07) is 9.59. The molecule has 8 nitrogen and oxygen atoms in total. The van der Waals surface area contributed by atoms with Crippen LogP contribution < -0.4 is 15.5 Å². The first-order chi connectivity index (χ1) is 15.5. The number of amides is 2. The number of hydrogen-bond donors (Lipinski definition) is 4. The number of hydrogen-bond acceptors (Lipinski definition) is 5. The molecule has 1 aromatic carbocycles. The van der Waals surface area contributed by atoms with Gasteiger partial charge in [0.1, 0.15) is 5.82 Å². The number of pyridine rings is 1. The molecule has 32 heavy (non-hydrogen) atoms. The highest BCUT2D eigenvalue weighted by Crippen LogP contribution is 2.29. The number of nitrogens with zero attached hydrogens (tertiary/aromatic N) is 2. The number of carboxylic acid groups (broad SMARTS) is 1. The first-order valence-corrected chi connectivity index (χ1v) is 11.6. The van der Waals surface area contributed by atoms with Crippen LogP contribution in [0.2, 0.25) is 0 Å². The predicted octanol–water partition coefficient (Wildman–Crippen LogP) is 3.00. The van der Waals surface area contributed by atoms with E-state index in [9.17, 15) is 14.7 Å². The van der Waals surface area contributed by atoms with Gasteiger partial charge in [-0.1, -0.05) is 18.2 Å². The zero-order chi connectivity index (χ0) is 22.5. The van der Waals surface area contributed by atoms with Crippen molar-refractivity contribution in [3.63, 3.8) is 0 Å². The van der Waals surface area contributed by atoms with Crippen molar-refractivity contribution in [1.82, 2.24) is 15.6 Å². The molecule has 0 bridgehead atoms. The van der Waals surface area contributed by atoms with Gasteiger partial charge in [-0.25, -0.2) is 9.78 Å². The van der Waals surface area contributed by atoms with Crippen LogP contribution in [0.5, 0.6) is 0 Å². The number of rotatable bonds is 6. The van der Waals surface area contributed by atoms with Gasteiger partial charge in [0.25, 0.3) is 5.91 Å². The van der Waals surface area contributed by atoms with Gasteiger partial charge >= 0.3 is 6.09 Å². The molecule has 0 radical (unpaired) electrons. The molecule has 0 unspecified atom stereocenters. The van der Waals surface area contributed by atoms with Gasteiger partial charge in [0, 0.05) is 31.6 Å². The maximum atomic E-state index is 13.2. The number of piperidine rings is 1. The molecular weight excluding hydrogens is 408 g/mol. The second-order valence-electron chi connectivity index (χ2n) is 9.05. The summed E-state index contributed by atoms with van der Waals surface area (Å²) in [7, 11) is 0. The summed E-state index contributed by atoms with van der Waals surface area (Å²) in [5.74, 6) is 1.49. The molecule has 0 spiro atoms. The highest BCUT2D eigenvalue weighted by Gasteiger charge is 2.24. The zero-order valence-corrected chi connectivity index (χ0v) is 18.3. The Bertz CT molecular complexity index is 950. The van der Waals surface area contributed by atoms with Gasteiger partial charge in [-0.15, -0.1) is 0 Å². The summed E-state index contributed by atoms with van der Waals surface area (Å²) < 4.78 is 0. The molecule has 4 rings (SSSR count). The van der Waals surface area contributed by atoms with Crippen LogP contribution in [-0.4, -0.2) is 59.5 Å². The van der Waals surface area contributed by atoms with E-state index < -0.39 is 6.09 Å². The molecule has 172 valence electrons. The van der Waals surface area contributed by atoms with Crippen LogP contribution in [0.1, 0.15) is 48.9 Å². The number of aliphatic hydroxyl groups excluding tert-OH is 1. The Kier molecular flexibility index (Phi) is 7.09. The summed E-state index contributed by atoms with van der Waals surface area (Å²) in [6.07, 6.45) is 4.12. The van der Waals surface area contributed by atoms with Crippen LogP contribution in [-0.2, 0) is 0 Å². The Morgan fingerprint density at radius 2 is 1.59 bits per heavy atom. The van der Waals surface area contributed by atoms with Crippen LogP contribution in [0.4, 0.5) is 10.6 Å². The molecule has 2 heterocycles. The highest BCUT2D eigenvalue weighted by molar-refractivity contribution is 6.07. The number of fused-ring (bicyclic) bond motifs is 1. The second kappa shape index (κ2) is 10.2. The topological polar surface area (TPSA) is 115 Å². The number of nitrogens with one attached hydrogen (secondary N) is 2. The van der Waals surface area contributed by atoms with Gasteiger partial charge in [0.15, 0.2) is 0 Å². The average molecular weight is 441 g/mol. The van der Waals surface area contributed by atoms with Gasteiger partial charge in [-0.05, 0) is 62.5 Å². The third kappa shape index (κ3) is 5.48. The Balaban J connectivity index is 1.40. The van der Waals surface area contributed by atoms with Crippen molar-refractivity contribution < 1.29 is 19.8 Å². The fourth-order valence-electron chi connectivity index (χ4n) is 4.81. The van der Waals surface area contributed by atoms with Crippen molar-refractivity contribution in [3.8, 4) is 0 Å². The number of carbonyl (C=O) groups excluding carboxylic acids is 1. The van der Waals surface area contributed by atoms with E-state index in [0.717, 1.165) is 55.5 Å². The molecular formula is C24H32N4O4.